The number of hydrogen-bond acceptors (Lipinski definition) is 1. The average Bonchev–Trinajstić information content (AvgIpc) is 2.84. The number of halogens is 4. The molecule has 1 nitrogen and oxygen atoms in total. The predicted octanol–water partition coefficient (Wildman–Crippen LogP) is 8.30. The lowest BCUT2D eigenvalue weighted by Crippen LogP contribution is -2.05. The molecule has 0 bridgehead atoms. The molecule has 34 heavy (non-hydrogen) atoms. The van der Waals surface area contributed by atoms with E-state index in [9.17, 15) is 17.6 Å². The summed E-state index contributed by atoms with van der Waals surface area (Å²) in [5, 5.41) is 0. The molecule has 4 rings (SSSR count). The van der Waals surface area contributed by atoms with Gasteiger partial charge in [0.25, 0.3) is 0 Å². The molecule has 0 amide bonds. The van der Waals surface area contributed by atoms with Gasteiger partial charge in [-0.3, -0.25) is 0 Å². The van der Waals surface area contributed by atoms with Crippen LogP contribution in [0.15, 0.2) is 54.6 Å². The summed E-state index contributed by atoms with van der Waals surface area (Å²) < 4.78 is 63.3. The molecular formula is C29H28F4O. The summed E-state index contributed by atoms with van der Waals surface area (Å²) in [4.78, 5) is 0. The molecule has 178 valence electrons. The van der Waals surface area contributed by atoms with Crippen molar-refractivity contribution in [3.05, 3.63) is 94.6 Å². The number of hydrogen-bond donors (Lipinski definition) is 0. The Balaban J connectivity index is 1.46. The smallest absolute Gasteiger partial charge is 0.201 e. The van der Waals surface area contributed by atoms with Crippen LogP contribution in [0, 0.1) is 29.2 Å². The Bertz CT molecular complexity index is 1200. The van der Waals surface area contributed by atoms with E-state index in [0.29, 0.717) is 35.4 Å². The Kier molecular flexibility index (Phi) is 7.40. The molecule has 1 unspecified atom stereocenters. The quantitative estimate of drug-likeness (QED) is 0.317. The summed E-state index contributed by atoms with van der Waals surface area (Å²) in [5.41, 5.74) is 3.14. The number of benzene rings is 3. The summed E-state index contributed by atoms with van der Waals surface area (Å²) >= 11 is 0. The standard InChI is InChI=1S/C29H28F4O/c1-3-34-25-17-16-24(28(32)29(25)33)21-11-6-19(7-12-21)8-13-22-14-15-23(27(31)26(22)30)20-9-4-18(2)5-10-20/h6-7,9,11-12,14-18H,3-5,8,10,13H2,1-2H3. The lowest BCUT2D eigenvalue weighted by atomic mass is 9.87. The van der Waals surface area contributed by atoms with Crippen LogP contribution in [-0.4, -0.2) is 6.61 Å². The topological polar surface area (TPSA) is 9.23 Å². The van der Waals surface area contributed by atoms with Crippen LogP contribution >= 0.6 is 0 Å². The first-order valence-electron chi connectivity index (χ1n) is 11.7. The maximum atomic E-state index is 14.8. The molecule has 0 saturated carbocycles. The van der Waals surface area contributed by atoms with Gasteiger partial charge in [-0.05, 0) is 79.3 Å². The van der Waals surface area contributed by atoms with Crippen LogP contribution in [-0.2, 0) is 12.8 Å². The van der Waals surface area contributed by atoms with Crippen LogP contribution in [0.2, 0.25) is 0 Å². The van der Waals surface area contributed by atoms with E-state index in [1.165, 1.54) is 12.1 Å². The van der Waals surface area contributed by atoms with Crippen LogP contribution in [0.5, 0.6) is 5.75 Å². The minimum absolute atomic E-state index is 0.116. The third kappa shape index (κ3) is 5.03. The summed E-state index contributed by atoms with van der Waals surface area (Å²) in [7, 11) is 0. The van der Waals surface area contributed by atoms with Crippen LogP contribution < -0.4 is 4.74 Å². The van der Waals surface area contributed by atoms with Crippen LogP contribution in [0.25, 0.3) is 16.7 Å². The molecule has 0 aromatic heterocycles. The van der Waals surface area contributed by atoms with Crippen LogP contribution in [0.1, 0.15) is 49.8 Å². The summed E-state index contributed by atoms with van der Waals surface area (Å²) in [6.45, 7) is 4.11. The van der Waals surface area contributed by atoms with E-state index in [-0.39, 0.29) is 17.9 Å². The third-order valence-electron chi connectivity index (χ3n) is 6.48. The second kappa shape index (κ2) is 10.5. The van der Waals surface area contributed by atoms with Crippen molar-refractivity contribution < 1.29 is 22.3 Å². The maximum absolute atomic E-state index is 14.8. The van der Waals surface area contributed by atoms with E-state index in [0.717, 1.165) is 30.4 Å². The van der Waals surface area contributed by atoms with E-state index in [1.54, 1.807) is 43.3 Å². The van der Waals surface area contributed by atoms with Gasteiger partial charge in [-0.15, -0.1) is 0 Å². The summed E-state index contributed by atoms with van der Waals surface area (Å²) in [6, 6.07) is 13.2. The summed E-state index contributed by atoms with van der Waals surface area (Å²) in [5.74, 6) is -3.08. The Morgan fingerprint density at radius 3 is 2.18 bits per heavy atom. The van der Waals surface area contributed by atoms with Crippen molar-refractivity contribution in [2.24, 2.45) is 5.92 Å². The third-order valence-corrected chi connectivity index (χ3v) is 6.48. The Hall–Kier alpha value is -3.08. The lowest BCUT2D eigenvalue weighted by Gasteiger charge is -2.19. The van der Waals surface area contributed by atoms with E-state index >= 15 is 0 Å². The monoisotopic (exact) mass is 468 g/mol. The van der Waals surface area contributed by atoms with Gasteiger partial charge < -0.3 is 4.74 Å². The molecule has 0 aliphatic heterocycles. The van der Waals surface area contributed by atoms with Gasteiger partial charge in [0.2, 0.25) is 5.82 Å². The molecule has 5 heteroatoms. The first-order valence-corrected chi connectivity index (χ1v) is 11.7. The highest BCUT2D eigenvalue weighted by Gasteiger charge is 2.19. The minimum Gasteiger partial charge on any atom is -0.491 e. The second-order valence-electron chi connectivity index (χ2n) is 8.88. The fourth-order valence-corrected chi connectivity index (χ4v) is 4.39. The zero-order valence-electron chi connectivity index (χ0n) is 19.4. The fourth-order valence-electron chi connectivity index (χ4n) is 4.39. The highest BCUT2D eigenvalue weighted by molar-refractivity contribution is 5.67. The van der Waals surface area contributed by atoms with Crippen LogP contribution in [0.4, 0.5) is 17.6 Å². The van der Waals surface area contributed by atoms with Gasteiger partial charge in [-0.25, -0.2) is 13.2 Å². The highest BCUT2D eigenvalue weighted by Crippen LogP contribution is 2.33. The number of aryl methyl sites for hydroxylation is 2. The average molecular weight is 469 g/mol. The van der Waals surface area contributed by atoms with Crippen molar-refractivity contribution in [1.82, 2.24) is 0 Å². The normalized spacial score (nSPS) is 15.8. The number of rotatable bonds is 7. The molecular weight excluding hydrogens is 440 g/mol. The van der Waals surface area contributed by atoms with Gasteiger partial charge in [0.1, 0.15) is 0 Å². The molecule has 0 fully saturated rings. The van der Waals surface area contributed by atoms with Gasteiger partial charge in [0.05, 0.1) is 6.61 Å². The van der Waals surface area contributed by atoms with Crippen molar-refractivity contribution in [1.29, 1.82) is 0 Å². The Morgan fingerprint density at radius 1 is 0.794 bits per heavy atom. The molecule has 1 aliphatic rings. The molecule has 1 atom stereocenters. The Morgan fingerprint density at radius 2 is 1.50 bits per heavy atom. The van der Waals surface area contributed by atoms with Crippen LogP contribution in [0.3, 0.4) is 0 Å². The molecule has 0 saturated heterocycles. The number of allylic oxidation sites excluding steroid dienone is 2. The van der Waals surface area contributed by atoms with Crippen molar-refractivity contribution in [2.75, 3.05) is 6.61 Å². The zero-order chi connectivity index (χ0) is 24.2. The first-order chi connectivity index (χ1) is 16.4. The van der Waals surface area contributed by atoms with E-state index in [1.807, 2.05) is 6.08 Å². The van der Waals surface area contributed by atoms with Crippen molar-refractivity contribution in [3.8, 4) is 16.9 Å². The molecule has 3 aromatic carbocycles. The molecule has 0 spiro atoms. The molecule has 1 aliphatic carbocycles. The van der Waals surface area contributed by atoms with Gasteiger partial charge in [-0.2, -0.15) is 4.39 Å². The first kappa shape index (κ1) is 24.1. The van der Waals surface area contributed by atoms with Gasteiger partial charge in [0, 0.05) is 11.1 Å². The molecule has 0 radical (unpaired) electrons. The number of ether oxygens (including phenoxy) is 1. The van der Waals surface area contributed by atoms with Crippen molar-refractivity contribution >= 4 is 5.57 Å². The summed E-state index contributed by atoms with van der Waals surface area (Å²) in [6.07, 6.45) is 5.49. The largest absolute Gasteiger partial charge is 0.491 e. The van der Waals surface area contributed by atoms with Crippen molar-refractivity contribution in [2.45, 2.75) is 46.0 Å². The lowest BCUT2D eigenvalue weighted by molar-refractivity contribution is 0.314. The van der Waals surface area contributed by atoms with Gasteiger partial charge >= 0.3 is 0 Å². The van der Waals surface area contributed by atoms with E-state index in [2.05, 4.69) is 6.92 Å². The van der Waals surface area contributed by atoms with Gasteiger partial charge in [-0.1, -0.05) is 49.4 Å². The second-order valence-corrected chi connectivity index (χ2v) is 8.88. The molecule has 0 heterocycles. The Labute approximate surface area is 198 Å². The van der Waals surface area contributed by atoms with Crippen molar-refractivity contribution in [3.63, 3.8) is 0 Å². The minimum atomic E-state index is -1.01. The molecule has 3 aromatic rings. The highest BCUT2D eigenvalue weighted by atomic mass is 19.2. The zero-order valence-corrected chi connectivity index (χ0v) is 19.4. The molecule has 0 N–H and O–H groups in total. The fraction of sp³-hybridized carbons (Fsp3) is 0.310. The van der Waals surface area contributed by atoms with E-state index < -0.39 is 23.3 Å². The van der Waals surface area contributed by atoms with E-state index in [4.69, 9.17) is 4.74 Å². The predicted molar refractivity (Wildman–Crippen MR) is 128 cm³/mol. The SMILES string of the molecule is CCOc1ccc(-c2ccc(CCc3ccc(C4=CCC(C)CC4)c(F)c3F)cc2)c(F)c1F. The van der Waals surface area contributed by atoms with Gasteiger partial charge in [0.15, 0.2) is 23.2 Å². The maximum Gasteiger partial charge on any atom is 0.201 e.